The lowest BCUT2D eigenvalue weighted by Crippen LogP contribution is -2.54. The first kappa shape index (κ1) is 28.9. The van der Waals surface area contributed by atoms with E-state index < -0.39 is 27.7 Å². The number of nitrogens with zero attached hydrogens (tertiary/aromatic N) is 2. The van der Waals surface area contributed by atoms with Gasteiger partial charge < -0.3 is 16.2 Å². The maximum absolute atomic E-state index is 13.3. The van der Waals surface area contributed by atoms with E-state index in [2.05, 4.69) is 20.0 Å². The second-order valence-electron chi connectivity index (χ2n) is 8.78. The Labute approximate surface area is 230 Å². The molecule has 1 aromatic carbocycles. The molecule has 1 atom stereocenters. The van der Waals surface area contributed by atoms with Crippen molar-refractivity contribution in [3.63, 3.8) is 0 Å². The predicted octanol–water partition coefficient (Wildman–Crippen LogP) is 3.35. The van der Waals surface area contributed by atoms with Crippen LogP contribution in [0, 0.1) is 0 Å². The zero-order chi connectivity index (χ0) is 29.1. The van der Waals surface area contributed by atoms with Gasteiger partial charge in [-0.05, 0) is 59.3 Å². The van der Waals surface area contributed by atoms with Gasteiger partial charge in [-0.1, -0.05) is 12.1 Å². The van der Waals surface area contributed by atoms with Gasteiger partial charge >= 0.3 is 12.1 Å². The lowest BCUT2D eigenvalue weighted by molar-refractivity contribution is -0.192. The molecule has 0 saturated carbocycles. The van der Waals surface area contributed by atoms with Crippen LogP contribution in [0.1, 0.15) is 12.0 Å². The first-order valence-corrected chi connectivity index (χ1v) is 13.9. The maximum Gasteiger partial charge on any atom is 0.490 e. The molecule has 0 radical (unpaired) electrons. The number of fused-ring (bicyclic) bond motifs is 1. The number of carboxylic acid groups (broad SMARTS) is 1. The van der Waals surface area contributed by atoms with Crippen LogP contribution in [0.2, 0.25) is 0 Å². The molecule has 0 bridgehead atoms. The molecule has 0 spiro atoms. The van der Waals surface area contributed by atoms with Crippen molar-refractivity contribution in [1.82, 2.24) is 20.0 Å². The number of benzene rings is 1. The third-order valence-corrected chi connectivity index (χ3v) is 9.19. The second kappa shape index (κ2) is 11.2. The summed E-state index contributed by atoms with van der Waals surface area (Å²) in [6.45, 7) is 0.394. The van der Waals surface area contributed by atoms with Gasteiger partial charge in [0.1, 0.15) is 15.6 Å². The highest BCUT2D eigenvalue weighted by molar-refractivity contribution is 7.91. The number of aromatic nitrogens is 2. The molecule has 5 rings (SSSR count). The standard InChI is InChI=1S/C23H21N5O3S2.C2HF3O2/c24-21-18-13-15(1-2-16(18)7-11-26-21)14-23(8-12-27-22(23)29)28-33(30,31)20-4-3-19(32-20)17-5-9-25-10-6-17;3-2(4,5)1(6)7/h1-7,9-11,13,28H,8,12,14H2,(H2,24,26)(H,27,29);(H,6,7)/t23-;/m1./s1. The quantitative estimate of drug-likeness (QED) is 0.264. The summed E-state index contributed by atoms with van der Waals surface area (Å²) in [4.78, 5) is 30.7. The van der Waals surface area contributed by atoms with Crippen molar-refractivity contribution in [2.24, 2.45) is 0 Å². The number of sulfonamides is 1. The van der Waals surface area contributed by atoms with Crippen LogP contribution in [0.15, 0.2) is 71.3 Å². The van der Waals surface area contributed by atoms with Crippen molar-refractivity contribution in [1.29, 1.82) is 0 Å². The number of nitrogens with one attached hydrogen (secondary N) is 2. The normalized spacial score (nSPS) is 17.2. The number of aliphatic carboxylic acids is 1. The minimum atomic E-state index is -5.08. The molecule has 40 heavy (non-hydrogen) atoms. The van der Waals surface area contributed by atoms with Gasteiger partial charge in [0.2, 0.25) is 5.91 Å². The zero-order valence-corrected chi connectivity index (χ0v) is 22.1. The molecule has 1 aliphatic heterocycles. The number of carbonyl (C=O) groups is 2. The summed E-state index contributed by atoms with van der Waals surface area (Å²) in [6.07, 6.45) is 0.411. The lowest BCUT2D eigenvalue weighted by atomic mass is 9.89. The molecule has 3 aromatic heterocycles. The number of anilines is 1. The van der Waals surface area contributed by atoms with Crippen molar-refractivity contribution in [2.45, 2.75) is 28.8 Å². The molecule has 4 aromatic rings. The second-order valence-corrected chi connectivity index (χ2v) is 11.8. The Balaban J connectivity index is 0.000000470. The Morgan fingerprint density at radius 3 is 2.45 bits per heavy atom. The van der Waals surface area contributed by atoms with Crippen molar-refractivity contribution >= 4 is 49.8 Å². The Morgan fingerprint density at radius 1 is 1.12 bits per heavy atom. The molecule has 1 amide bonds. The van der Waals surface area contributed by atoms with E-state index in [9.17, 15) is 26.4 Å². The number of alkyl halides is 3. The zero-order valence-electron chi connectivity index (χ0n) is 20.5. The summed E-state index contributed by atoms with van der Waals surface area (Å²) in [7, 11) is -3.94. The summed E-state index contributed by atoms with van der Waals surface area (Å²) in [5, 5.41) is 11.6. The Morgan fingerprint density at radius 2 is 1.82 bits per heavy atom. The smallest absolute Gasteiger partial charge is 0.475 e. The number of nitrogens with two attached hydrogens (primary N) is 1. The summed E-state index contributed by atoms with van der Waals surface area (Å²) in [5.74, 6) is -2.70. The Bertz CT molecular complexity index is 1660. The number of pyridine rings is 2. The number of amides is 1. The van der Waals surface area contributed by atoms with E-state index in [0.29, 0.717) is 18.8 Å². The predicted molar refractivity (Wildman–Crippen MR) is 142 cm³/mol. The van der Waals surface area contributed by atoms with E-state index in [1.807, 2.05) is 36.4 Å². The number of carboxylic acids is 1. The number of carbonyl (C=O) groups excluding carboxylic acids is 1. The average molecular weight is 594 g/mol. The monoisotopic (exact) mass is 593 g/mol. The van der Waals surface area contributed by atoms with Gasteiger partial charge in [0, 0.05) is 41.8 Å². The van der Waals surface area contributed by atoms with Crippen molar-refractivity contribution in [3.8, 4) is 10.4 Å². The van der Waals surface area contributed by atoms with Gasteiger partial charge in [-0.15, -0.1) is 11.3 Å². The minimum Gasteiger partial charge on any atom is -0.475 e. The summed E-state index contributed by atoms with van der Waals surface area (Å²) >= 11 is 1.15. The van der Waals surface area contributed by atoms with E-state index >= 15 is 0 Å². The highest BCUT2D eigenvalue weighted by atomic mass is 32.2. The van der Waals surface area contributed by atoms with Crippen molar-refractivity contribution in [3.05, 3.63) is 72.7 Å². The van der Waals surface area contributed by atoms with Crippen LogP contribution < -0.4 is 15.8 Å². The van der Waals surface area contributed by atoms with Crippen LogP contribution in [-0.4, -0.2) is 53.6 Å². The van der Waals surface area contributed by atoms with Gasteiger partial charge in [-0.2, -0.15) is 17.9 Å². The average Bonchev–Trinajstić information content (AvgIpc) is 3.53. The molecule has 210 valence electrons. The van der Waals surface area contributed by atoms with Crippen LogP contribution in [-0.2, 0) is 26.0 Å². The molecule has 4 heterocycles. The first-order valence-electron chi connectivity index (χ1n) is 11.6. The number of thiophene rings is 1. The van der Waals surface area contributed by atoms with Gasteiger partial charge in [0.25, 0.3) is 10.0 Å². The van der Waals surface area contributed by atoms with Crippen LogP contribution >= 0.6 is 11.3 Å². The van der Waals surface area contributed by atoms with Gasteiger partial charge in [-0.3, -0.25) is 9.78 Å². The molecule has 1 saturated heterocycles. The summed E-state index contributed by atoms with van der Waals surface area (Å²) in [5.41, 5.74) is 6.41. The fraction of sp³-hybridized carbons (Fsp3) is 0.200. The maximum atomic E-state index is 13.3. The number of rotatable bonds is 6. The summed E-state index contributed by atoms with van der Waals surface area (Å²) in [6, 6.07) is 14.5. The van der Waals surface area contributed by atoms with Gasteiger partial charge in [0.15, 0.2) is 0 Å². The number of hydrogen-bond donors (Lipinski definition) is 4. The van der Waals surface area contributed by atoms with Gasteiger partial charge in [0.05, 0.1) is 0 Å². The molecular weight excluding hydrogens is 571 g/mol. The molecule has 1 fully saturated rings. The van der Waals surface area contributed by atoms with Crippen LogP contribution in [0.4, 0.5) is 19.0 Å². The van der Waals surface area contributed by atoms with E-state index in [0.717, 1.165) is 38.1 Å². The highest BCUT2D eigenvalue weighted by Gasteiger charge is 2.46. The number of halogens is 3. The molecule has 10 nitrogen and oxygen atoms in total. The van der Waals surface area contributed by atoms with E-state index in [1.165, 1.54) is 0 Å². The largest absolute Gasteiger partial charge is 0.490 e. The number of nitrogen functional groups attached to an aromatic ring is 1. The van der Waals surface area contributed by atoms with Crippen LogP contribution in [0.5, 0.6) is 0 Å². The number of hydrogen-bond acceptors (Lipinski definition) is 8. The van der Waals surface area contributed by atoms with Crippen molar-refractivity contribution in [2.75, 3.05) is 12.3 Å². The topological polar surface area (TPSA) is 164 Å². The van der Waals surface area contributed by atoms with E-state index in [-0.39, 0.29) is 16.5 Å². The van der Waals surface area contributed by atoms with E-state index in [1.54, 1.807) is 30.7 Å². The lowest BCUT2D eigenvalue weighted by Gasteiger charge is -2.27. The highest BCUT2D eigenvalue weighted by Crippen LogP contribution is 2.33. The molecule has 0 unspecified atom stereocenters. The molecule has 15 heteroatoms. The fourth-order valence-corrected chi connectivity index (χ4v) is 6.82. The SMILES string of the molecule is Nc1nccc2ccc(C[C@]3(NS(=O)(=O)c4ccc(-c5ccncc5)s4)CCNC3=O)cc12.O=C(O)C(F)(F)F. The van der Waals surface area contributed by atoms with Crippen molar-refractivity contribution < 1.29 is 36.3 Å². The molecular formula is C25H22F3N5O5S2. The third-order valence-electron chi connectivity index (χ3n) is 6.02. The van der Waals surface area contributed by atoms with Crippen LogP contribution in [0.3, 0.4) is 0 Å². The first-order chi connectivity index (χ1) is 18.8. The fourth-order valence-electron chi connectivity index (χ4n) is 4.11. The Hall–Kier alpha value is -4.08. The molecule has 0 aliphatic carbocycles. The van der Waals surface area contributed by atoms with Crippen LogP contribution in [0.25, 0.3) is 21.2 Å². The van der Waals surface area contributed by atoms with Gasteiger partial charge in [-0.25, -0.2) is 18.2 Å². The Kier molecular flexibility index (Phi) is 8.09. The van der Waals surface area contributed by atoms with E-state index in [4.69, 9.17) is 15.6 Å². The molecule has 5 N–H and O–H groups in total. The summed E-state index contributed by atoms with van der Waals surface area (Å²) < 4.78 is 61.2. The minimum absolute atomic E-state index is 0.153. The third kappa shape index (κ3) is 6.38. The molecule has 1 aliphatic rings.